The Morgan fingerprint density at radius 1 is 1.37 bits per heavy atom. The molecule has 1 aromatic rings. The Morgan fingerprint density at radius 2 is 2.05 bits per heavy atom. The van der Waals surface area contributed by atoms with E-state index in [1.54, 1.807) is 11.3 Å². The molecule has 0 aromatic carbocycles. The first-order valence-electron chi connectivity index (χ1n) is 7.13. The van der Waals surface area contributed by atoms with Crippen molar-refractivity contribution in [3.8, 4) is 0 Å². The molecule has 0 amide bonds. The maximum Gasteiger partial charge on any atom is 0.0955 e. The molecular formula is C15H27NO2S. The molecule has 110 valence electrons. The van der Waals surface area contributed by atoms with Crippen molar-refractivity contribution in [1.29, 1.82) is 0 Å². The topological polar surface area (TPSA) is 42.4 Å². The van der Waals surface area contributed by atoms with Gasteiger partial charge in [0, 0.05) is 23.8 Å². The molecule has 1 heterocycles. The van der Waals surface area contributed by atoms with Crippen LogP contribution in [0, 0.1) is 0 Å². The normalized spacial score (nSPS) is 15.5. The van der Waals surface area contributed by atoms with Crippen LogP contribution in [0.1, 0.15) is 58.2 Å². The van der Waals surface area contributed by atoms with E-state index in [0.717, 1.165) is 23.5 Å². The predicted molar refractivity (Wildman–Crippen MR) is 80.8 cm³/mol. The molecular weight excluding hydrogens is 258 g/mol. The number of hydrogen-bond donors (Lipinski definition) is 1. The fraction of sp³-hybridized carbons (Fsp3) is 0.800. The van der Waals surface area contributed by atoms with E-state index < -0.39 is 6.10 Å². The standard InChI is InChI=1S/C15H27NO2S/c1-6-8-12(18-7-2)11(17)9-14-16-13(10-19-14)15(3,4)5/h10-12,17H,6-9H2,1-5H3. The van der Waals surface area contributed by atoms with Gasteiger partial charge in [-0.3, -0.25) is 0 Å². The van der Waals surface area contributed by atoms with Crippen LogP contribution in [0.2, 0.25) is 0 Å². The van der Waals surface area contributed by atoms with Crippen LogP contribution in [0.5, 0.6) is 0 Å². The minimum atomic E-state index is -0.459. The molecule has 0 fully saturated rings. The average molecular weight is 285 g/mol. The SMILES string of the molecule is CCCC(OCC)C(O)Cc1nc(C(C)(C)C)cs1. The monoisotopic (exact) mass is 285 g/mol. The minimum absolute atomic E-state index is 0.0719. The van der Waals surface area contributed by atoms with Crippen molar-refractivity contribution < 1.29 is 9.84 Å². The lowest BCUT2D eigenvalue weighted by Crippen LogP contribution is -2.31. The molecule has 0 aliphatic carbocycles. The summed E-state index contributed by atoms with van der Waals surface area (Å²) in [6.45, 7) is 11.2. The molecule has 0 radical (unpaired) electrons. The van der Waals surface area contributed by atoms with Crippen molar-refractivity contribution in [3.63, 3.8) is 0 Å². The molecule has 3 nitrogen and oxygen atoms in total. The molecule has 0 saturated carbocycles. The highest BCUT2D eigenvalue weighted by molar-refractivity contribution is 7.09. The van der Waals surface area contributed by atoms with Crippen molar-refractivity contribution in [1.82, 2.24) is 4.98 Å². The van der Waals surface area contributed by atoms with E-state index in [1.807, 2.05) is 6.92 Å². The molecule has 1 N–H and O–H groups in total. The molecule has 0 aliphatic heterocycles. The van der Waals surface area contributed by atoms with Crippen molar-refractivity contribution in [2.75, 3.05) is 6.61 Å². The second-order valence-electron chi connectivity index (χ2n) is 5.93. The first-order valence-corrected chi connectivity index (χ1v) is 8.01. The van der Waals surface area contributed by atoms with Gasteiger partial charge >= 0.3 is 0 Å². The van der Waals surface area contributed by atoms with Gasteiger partial charge in [0.05, 0.1) is 22.9 Å². The summed E-state index contributed by atoms with van der Waals surface area (Å²) in [7, 11) is 0. The minimum Gasteiger partial charge on any atom is -0.390 e. The van der Waals surface area contributed by atoms with Gasteiger partial charge in [-0.05, 0) is 13.3 Å². The van der Waals surface area contributed by atoms with E-state index >= 15 is 0 Å². The Kier molecular flexibility index (Phi) is 6.43. The number of aliphatic hydroxyl groups excluding tert-OH is 1. The van der Waals surface area contributed by atoms with Crippen LogP contribution in [-0.2, 0) is 16.6 Å². The summed E-state index contributed by atoms with van der Waals surface area (Å²) >= 11 is 1.63. The maximum atomic E-state index is 10.3. The van der Waals surface area contributed by atoms with E-state index in [-0.39, 0.29) is 11.5 Å². The summed E-state index contributed by atoms with van der Waals surface area (Å²) in [6.07, 6.45) is 1.97. The molecule has 4 heteroatoms. The third-order valence-electron chi connectivity index (χ3n) is 3.09. The van der Waals surface area contributed by atoms with Crippen LogP contribution in [0.25, 0.3) is 0 Å². The molecule has 1 aromatic heterocycles. The molecule has 0 bridgehead atoms. The van der Waals surface area contributed by atoms with E-state index in [2.05, 4.69) is 38.1 Å². The Bertz CT molecular complexity index is 364. The molecule has 0 aliphatic rings. The van der Waals surface area contributed by atoms with Crippen LogP contribution in [0.3, 0.4) is 0 Å². The van der Waals surface area contributed by atoms with Crippen LogP contribution in [0.4, 0.5) is 0 Å². The number of thiazole rings is 1. The molecule has 1 rings (SSSR count). The second-order valence-corrected chi connectivity index (χ2v) is 6.87. The van der Waals surface area contributed by atoms with Gasteiger partial charge in [-0.15, -0.1) is 11.3 Å². The van der Waals surface area contributed by atoms with Crippen LogP contribution in [-0.4, -0.2) is 28.9 Å². The van der Waals surface area contributed by atoms with Gasteiger partial charge in [-0.1, -0.05) is 34.1 Å². The summed E-state index contributed by atoms with van der Waals surface area (Å²) in [5.74, 6) is 0. The number of hydrogen-bond acceptors (Lipinski definition) is 4. The van der Waals surface area contributed by atoms with Crippen LogP contribution in [0.15, 0.2) is 5.38 Å². The quantitative estimate of drug-likeness (QED) is 0.833. The maximum absolute atomic E-state index is 10.3. The van der Waals surface area contributed by atoms with Gasteiger partial charge in [-0.25, -0.2) is 4.98 Å². The fourth-order valence-corrected chi connectivity index (χ4v) is 3.02. The average Bonchev–Trinajstić information content (AvgIpc) is 2.77. The zero-order chi connectivity index (χ0) is 14.5. The van der Waals surface area contributed by atoms with Crippen molar-refractivity contribution >= 4 is 11.3 Å². The van der Waals surface area contributed by atoms with E-state index in [1.165, 1.54) is 0 Å². The third kappa shape index (κ3) is 5.21. The van der Waals surface area contributed by atoms with E-state index in [9.17, 15) is 5.11 Å². The highest BCUT2D eigenvalue weighted by Gasteiger charge is 2.22. The van der Waals surface area contributed by atoms with Gasteiger partial charge in [0.2, 0.25) is 0 Å². The van der Waals surface area contributed by atoms with Crippen molar-refractivity contribution in [3.05, 3.63) is 16.1 Å². The lowest BCUT2D eigenvalue weighted by molar-refractivity contribution is -0.0363. The van der Waals surface area contributed by atoms with Gasteiger partial charge in [-0.2, -0.15) is 0 Å². The van der Waals surface area contributed by atoms with Crippen LogP contribution >= 0.6 is 11.3 Å². The zero-order valence-electron chi connectivity index (χ0n) is 12.8. The zero-order valence-corrected chi connectivity index (χ0v) is 13.6. The highest BCUT2D eigenvalue weighted by atomic mass is 32.1. The van der Waals surface area contributed by atoms with Gasteiger partial charge in [0.25, 0.3) is 0 Å². The number of rotatable bonds is 7. The molecule has 2 atom stereocenters. The largest absolute Gasteiger partial charge is 0.390 e. The van der Waals surface area contributed by atoms with E-state index in [4.69, 9.17) is 4.74 Å². The Labute approximate surface area is 121 Å². The number of nitrogens with zero attached hydrogens (tertiary/aromatic N) is 1. The third-order valence-corrected chi connectivity index (χ3v) is 3.96. The van der Waals surface area contributed by atoms with Gasteiger partial charge < -0.3 is 9.84 Å². The van der Waals surface area contributed by atoms with Crippen LogP contribution < -0.4 is 0 Å². The highest BCUT2D eigenvalue weighted by Crippen LogP contribution is 2.25. The fourth-order valence-electron chi connectivity index (χ4n) is 1.94. The van der Waals surface area contributed by atoms with E-state index in [0.29, 0.717) is 13.0 Å². The summed E-state index contributed by atoms with van der Waals surface area (Å²) in [6, 6.07) is 0. The lowest BCUT2D eigenvalue weighted by atomic mass is 9.93. The molecule has 0 saturated heterocycles. The Morgan fingerprint density at radius 3 is 2.53 bits per heavy atom. The first kappa shape index (κ1) is 16.6. The number of aliphatic hydroxyl groups is 1. The predicted octanol–water partition coefficient (Wildman–Crippen LogP) is 3.55. The summed E-state index contributed by atoms with van der Waals surface area (Å²) < 4.78 is 5.62. The number of aromatic nitrogens is 1. The van der Waals surface area contributed by atoms with Crippen molar-refractivity contribution in [2.24, 2.45) is 0 Å². The molecule has 19 heavy (non-hydrogen) atoms. The Balaban J connectivity index is 2.64. The number of ether oxygens (including phenoxy) is 1. The summed E-state index contributed by atoms with van der Waals surface area (Å²) in [5.41, 5.74) is 1.17. The van der Waals surface area contributed by atoms with Gasteiger partial charge in [0.15, 0.2) is 0 Å². The molecule has 2 unspecified atom stereocenters. The second kappa shape index (κ2) is 7.36. The van der Waals surface area contributed by atoms with Crippen molar-refractivity contribution in [2.45, 2.75) is 71.5 Å². The lowest BCUT2D eigenvalue weighted by Gasteiger charge is -2.21. The smallest absolute Gasteiger partial charge is 0.0955 e. The summed E-state index contributed by atoms with van der Waals surface area (Å²) in [4.78, 5) is 4.63. The Hall–Kier alpha value is -0.450. The first-order chi connectivity index (χ1) is 8.88. The summed E-state index contributed by atoms with van der Waals surface area (Å²) in [5, 5.41) is 13.4. The molecule has 0 spiro atoms. The van der Waals surface area contributed by atoms with Gasteiger partial charge in [0.1, 0.15) is 0 Å².